The number of hydrogen-bond donors (Lipinski definition) is 1. The van der Waals surface area contributed by atoms with Gasteiger partial charge in [-0.3, -0.25) is 9.48 Å². The molecule has 0 bridgehead atoms. The van der Waals surface area contributed by atoms with Crippen LogP contribution in [0.15, 0.2) is 67.0 Å². The highest BCUT2D eigenvalue weighted by Crippen LogP contribution is 2.20. The molecule has 138 valence electrons. The van der Waals surface area contributed by atoms with Crippen LogP contribution in [-0.4, -0.2) is 28.9 Å². The Morgan fingerprint density at radius 2 is 1.74 bits per heavy atom. The van der Waals surface area contributed by atoms with E-state index in [2.05, 4.69) is 22.5 Å². The molecule has 27 heavy (non-hydrogen) atoms. The first-order valence-electron chi connectivity index (χ1n) is 9.35. The van der Waals surface area contributed by atoms with Crippen molar-refractivity contribution in [3.8, 4) is 11.1 Å². The second-order valence-electron chi connectivity index (χ2n) is 6.90. The third kappa shape index (κ3) is 4.44. The molecule has 0 saturated carbocycles. The van der Waals surface area contributed by atoms with E-state index in [4.69, 9.17) is 4.74 Å². The van der Waals surface area contributed by atoms with Crippen LogP contribution in [0.1, 0.15) is 23.2 Å². The van der Waals surface area contributed by atoms with E-state index < -0.39 is 0 Å². The van der Waals surface area contributed by atoms with Gasteiger partial charge >= 0.3 is 0 Å². The molecule has 4 rings (SSSR count). The van der Waals surface area contributed by atoms with Crippen molar-refractivity contribution in [1.29, 1.82) is 0 Å². The molecule has 1 saturated heterocycles. The molecule has 0 atom stereocenters. The molecule has 1 aliphatic rings. The second kappa shape index (κ2) is 8.18. The van der Waals surface area contributed by atoms with E-state index in [1.807, 2.05) is 53.3 Å². The number of benzene rings is 2. The molecule has 1 amide bonds. The molecule has 0 unspecified atom stereocenters. The Morgan fingerprint density at radius 3 is 2.48 bits per heavy atom. The summed E-state index contributed by atoms with van der Waals surface area (Å²) in [4.78, 5) is 12.5. The lowest BCUT2D eigenvalue weighted by Crippen LogP contribution is -2.20. The number of ether oxygens (including phenoxy) is 1. The molecule has 2 heterocycles. The number of amides is 1. The number of carbonyl (C=O) groups excluding carboxylic acids is 1. The van der Waals surface area contributed by atoms with Gasteiger partial charge in [0.25, 0.3) is 5.91 Å². The molecular weight excluding hydrogens is 338 g/mol. The zero-order valence-corrected chi connectivity index (χ0v) is 15.2. The number of hydrogen-bond acceptors (Lipinski definition) is 3. The van der Waals surface area contributed by atoms with Crippen molar-refractivity contribution in [1.82, 2.24) is 9.78 Å². The van der Waals surface area contributed by atoms with Crippen molar-refractivity contribution in [3.05, 3.63) is 72.6 Å². The third-order valence-electron chi connectivity index (χ3n) is 4.93. The molecule has 0 radical (unpaired) electrons. The minimum Gasteiger partial charge on any atom is -0.381 e. The highest BCUT2D eigenvalue weighted by atomic mass is 16.5. The van der Waals surface area contributed by atoms with Crippen LogP contribution in [0.3, 0.4) is 0 Å². The zero-order chi connectivity index (χ0) is 18.5. The zero-order valence-electron chi connectivity index (χ0n) is 15.2. The topological polar surface area (TPSA) is 56.2 Å². The summed E-state index contributed by atoms with van der Waals surface area (Å²) >= 11 is 0. The fourth-order valence-electron chi connectivity index (χ4n) is 3.37. The fraction of sp³-hybridized carbons (Fsp3) is 0.273. The average Bonchev–Trinajstić information content (AvgIpc) is 3.16. The van der Waals surface area contributed by atoms with Crippen molar-refractivity contribution >= 4 is 11.6 Å². The van der Waals surface area contributed by atoms with E-state index in [-0.39, 0.29) is 5.91 Å². The molecule has 1 aromatic heterocycles. The van der Waals surface area contributed by atoms with Gasteiger partial charge in [-0.25, -0.2) is 0 Å². The Balaban J connectivity index is 1.37. The molecule has 0 aliphatic carbocycles. The maximum absolute atomic E-state index is 12.5. The van der Waals surface area contributed by atoms with Crippen molar-refractivity contribution < 1.29 is 9.53 Å². The van der Waals surface area contributed by atoms with E-state index in [1.165, 1.54) is 0 Å². The molecule has 0 spiro atoms. The fourth-order valence-corrected chi connectivity index (χ4v) is 3.37. The summed E-state index contributed by atoms with van der Waals surface area (Å²) in [7, 11) is 0. The van der Waals surface area contributed by atoms with Gasteiger partial charge in [0.05, 0.1) is 11.9 Å². The Kier molecular flexibility index (Phi) is 5.30. The summed E-state index contributed by atoms with van der Waals surface area (Å²) in [5.41, 5.74) is 3.58. The molecule has 3 aromatic rings. The summed E-state index contributed by atoms with van der Waals surface area (Å²) < 4.78 is 7.30. The summed E-state index contributed by atoms with van der Waals surface area (Å²) in [6.45, 7) is 2.52. The van der Waals surface area contributed by atoms with Gasteiger partial charge in [-0.15, -0.1) is 0 Å². The Labute approximate surface area is 159 Å². The van der Waals surface area contributed by atoms with E-state index in [9.17, 15) is 4.79 Å². The van der Waals surface area contributed by atoms with E-state index in [1.54, 1.807) is 6.20 Å². The van der Waals surface area contributed by atoms with Crippen molar-refractivity contribution in [3.63, 3.8) is 0 Å². The first-order valence-corrected chi connectivity index (χ1v) is 9.35. The van der Waals surface area contributed by atoms with Crippen LogP contribution in [0.2, 0.25) is 0 Å². The molecule has 1 fully saturated rings. The van der Waals surface area contributed by atoms with Crippen molar-refractivity contribution in [2.75, 3.05) is 18.5 Å². The molecular formula is C22H23N3O2. The van der Waals surface area contributed by atoms with Crippen LogP contribution in [0.25, 0.3) is 11.1 Å². The predicted molar refractivity (Wildman–Crippen MR) is 106 cm³/mol. The molecule has 2 aromatic carbocycles. The van der Waals surface area contributed by atoms with Crippen LogP contribution in [-0.2, 0) is 11.3 Å². The lowest BCUT2D eigenvalue weighted by atomic mass is 10.0. The van der Waals surface area contributed by atoms with E-state index in [0.717, 1.165) is 49.4 Å². The largest absolute Gasteiger partial charge is 0.381 e. The molecule has 1 N–H and O–H groups in total. The summed E-state index contributed by atoms with van der Waals surface area (Å²) in [6, 6.07) is 17.8. The minimum absolute atomic E-state index is 0.125. The summed E-state index contributed by atoms with van der Waals surface area (Å²) in [5.74, 6) is 0.466. The highest BCUT2D eigenvalue weighted by molar-refractivity contribution is 6.04. The Bertz CT molecular complexity index is 881. The smallest absolute Gasteiger partial charge is 0.255 e. The summed E-state index contributed by atoms with van der Waals surface area (Å²) in [6.07, 6.45) is 5.73. The monoisotopic (exact) mass is 361 g/mol. The number of nitrogens with zero attached hydrogens (tertiary/aromatic N) is 2. The van der Waals surface area contributed by atoms with Gasteiger partial charge in [-0.2, -0.15) is 5.10 Å². The van der Waals surface area contributed by atoms with E-state index in [0.29, 0.717) is 11.5 Å². The van der Waals surface area contributed by atoms with Crippen molar-refractivity contribution in [2.24, 2.45) is 5.92 Å². The average molecular weight is 361 g/mol. The van der Waals surface area contributed by atoms with Crippen LogP contribution < -0.4 is 5.32 Å². The number of rotatable bonds is 5. The Morgan fingerprint density at radius 1 is 1.04 bits per heavy atom. The van der Waals surface area contributed by atoms with Crippen LogP contribution >= 0.6 is 0 Å². The number of aromatic nitrogens is 2. The highest BCUT2D eigenvalue weighted by Gasteiger charge is 2.15. The van der Waals surface area contributed by atoms with Gasteiger partial charge in [0.15, 0.2) is 0 Å². The molecule has 5 nitrogen and oxygen atoms in total. The maximum atomic E-state index is 12.5. The van der Waals surface area contributed by atoms with Gasteiger partial charge in [-0.1, -0.05) is 42.5 Å². The second-order valence-corrected chi connectivity index (χ2v) is 6.90. The van der Waals surface area contributed by atoms with Gasteiger partial charge in [0.1, 0.15) is 0 Å². The van der Waals surface area contributed by atoms with Crippen LogP contribution in [0.4, 0.5) is 5.69 Å². The lowest BCUT2D eigenvalue weighted by Gasteiger charge is -2.21. The summed E-state index contributed by atoms with van der Waals surface area (Å²) in [5, 5.41) is 7.30. The maximum Gasteiger partial charge on any atom is 0.255 e. The Hall–Kier alpha value is -2.92. The van der Waals surface area contributed by atoms with Gasteiger partial charge in [-0.05, 0) is 42.0 Å². The third-order valence-corrected chi connectivity index (χ3v) is 4.93. The standard InChI is InChI=1S/C22H23N3O2/c26-22(20-8-6-19(7-9-20)18-4-2-1-3-5-18)24-21-14-23-25(16-21)15-17-10-12-27-13-11-17/h1-9,14,16-17H,10-13,15H2,(H,24,26). The first-order chi connectivity index (χ1) is 13.3. The normalized spacial score (nSPS) is 14.8. The van der Waals surface area contributed by atoms with Gasteiger partial charge in [0.2, 0.25) is 0 Å². The first kappa shape index (κ1) is 17.5. The van der Waals surface area contributed by atoms with Crippen LogP contribution in [0.5, 0.6) is 0 Å². The van der Waals surface area contributed by atoms with Crippen LogP contribution in [0, 0.1) is 5.92 Å². The predicted octanol–water partition coefficient (Wildman–Crippen LogP) is 4.23. The quantitative estimate of drug-likeness (QED) is 0.740. The molecule has 5 heteroatoms. The van der Waals surface area contributed by atoms with Gasteiger partial charge in [0, 0.05) is 31.5 Å². The number of anilines is 1. The number of nitrogens with one attached hydrogen (secondary N) is 1. The minimum atomic E-state index is -0.125. The number of carbonyl (C=O) groups is 1. The lowest BCUT2D eigenvalue weighted by molar-refractivity contribution is 0.0601. The van der Waals surface area contributed by atoms with E-state index >= 15 is 0 Å². The van der Waals surface area contributed by atoms with Gasteiger partial charge < -0.3 is 10.1 Å². The van der Waals surface area contributed by atoms with Crippen molar-refractivity contribution in [2.45, 2.75) is 19.4 Å². The molecule has 1 aliphatic heterocycles. The SMILES string of the molecule is O=C(Nc1cnn(CC2CCOCC2)c1)c1ccc(-c2ccccc2)cc1.